The van der Waals surface area contributed by atoms with E-state index in [1.165, 1.54) is 25.3 Å². The van der Waals surface area contributed by atoms with Crippen LogP contribution in [0.1, 0.15) is 22.6 Å². The Morgan fingerprint density at radius 1 is 1.10 bits per heavy atom. The standard InChI is InChI=1S/C22H15F2N3O3/c1-29-19-9-13-12-4-2-3-5-17(12)30-18(13)10-16(19)27-22(28)11-6-7-14-15(8-11)26-21(25-14)20(23)24/h2-10,20H,1H3,(H,25,26)(H,27,28). The summed E-state index contributed by atoms with van der Waals surface area (Å²) in [5.74, 6) is -0.372. The van der Waals surface area contributed by atoms with E-state index in [-0.39, 0.29) is 0 Å². The lowest BCUT2D eigenvalue weighted by molar-refractivity contribution is 0.102. The average Bonchev–Trinajstić information content (AvgIpc) is 3.33. The van der Waals surface area contributed by atoms with E-state index in [0.717, 1.165) is 16.4 Å². The number of halogens is 2. The van der Waals surface area contributed by atoms with Gasteiger partial charge in [0.05, 0.1) is 23.8 Å². The molecule has 1 amide bonds. The molecule has 3 aromatic carbocycles. The summed E-state index contributed by atoms with van der Waals surface area (Å²) < 4.78 is 37.0. The number of alkyl halides is 2. The number of amides is 1. The first-order chi connectivity index (χ1) is 14.5. The largest absolute Gasteiger partial charge is 0.495 e. The van der Waals surface area contributed by atoms with Crippen LogP contribution in [0.3, 0.4) is 0 Å². The quantitative estimate of drug-likeness (QED) is 0.403. The van der Waals surface area contributed by atoms with Crippen LogP contribution in [-0.2, 0) is 0 Å². The summed E-state index contributed by atoms with van der Waals surface area (Å²) in [5, 5.41) is 4.62. The lowest BCUT2D eigenvalue weighted by Gasteiger charge is -2.10. The topological polar surface area (TPSA) is 80.1 Å². The summed E-state index contributed by atoms with van der Waals surface area (Å²) in [6.07, 6.45) is -2.71. The Kier molecular flexibility index (Phi) is 4.13. The number of fused-ring (bicyclic) bond motifs is 4. The first kappa shape index (κ1) is 18.1. The minimum Gasteiger partial charge on any atom is -0.495 e. The highest BCUT2D eigenvalue weighted by atomic mass is 19.3. The number of carbonyl (C=O) groups excluding carboxylic acids is 1. The number of aromatic nitrogens is 2. The number of hydrogen-bond donors (Lipinski definition) is 2. The van der Waals surface area contributed by atoms with Crippen LogP contribution in [0.2, 0.25) is 0 Å². The predicted octanol–water partition coefficient (Wildman–Crippen LogP) is 5.66. The fraction of sp³-hybridized carbons (Fsp3) is 0.0909. The van der Waals surface area contributed by atoms with Crippen LogP contribution < -0.4 is 10.1 Å². The highest BCUT2D eigenvalue weighted by Crippen LogP contribution is 2.36. The van der Waals surface area contributed by atoms with Crippen LogP contribution in [-0.4, -0.2) is 23.0 Å². The number of anilines is 1. The zero-order valence-corrected chi connectivity index (χ0v) is 15.7. The van der Waals surface area contributed by atoms with E-state index in [4.69, 9.17) is 9.15 Å². The minimum atomic E-state index is -2.71. The zero-order valence-electron chi connectivity index (χ0n) is 15.7. The van der Waals surface area contributed by atoms with E-state index in [2.05, 4.69) is 15.3 Å². The van der Waals surface area contributed by atoms with Crippen molar-refractivity contribution in [1.82, 2.24) is 9.97 Å². The Hall–Kier alpha value is -3.94. The number of H-pyrrole nitrogens is 1. The number of methoxy groups -OCH3 is 1. The van der Waals surface area contributed by atoms with E-state index >= 15 is 0 Å². The van der Waals surface area contributed by atoms with E-state index < -0.39 is 18.2 Å². The van der Waals surface area contributed by atoms with Gasteiger partial charge in [-0.25, -0.2) is 13.8 Å². The van der Waals surface area contributed by atoms with Gasteiger partial charge in [-0.1, -0.05) is 18.2 Å². The molecule has 0 bridgehead atoms. The van der Waals surface area contributed by atoms with Crippen LogP contribution in [0.25, 0.3) is 33.0 Å². The molecule has 0 saturated carbocycles. The maximum atomic E-state index is 12.8. The molecule has 150 valence electrons. The number of imidazole rings is 1. The third-order valence-corrected chi connectivity index (χ3v) is 4.92. The second-order valence-corrected chi connectivity index (χ2v) is 6.76. The van der Waals surface area contributed by atoms with Gasteiger partial charge in [-0.2, -0.15) is 0 Å². The monoisotopic (exact) mass is 407 g/mol. The SMILES string of the molecule is COc1cc2c(cc1NC(=O)c1ccc3nc(C(F)F)[nH]c3c1)oc1ccccc12. The molecule has 5 rings (SSSR count). The molecule has 0 fully saturated rings. The van der Waals surface area contributed by atoms with Gasteiger partial charge in [0.15, 0.2) is 5.82 Å². The van der Waals surface area contributed by atoms with Crippen molar-refractivity contribution in [3.05, 3.63) is 66.0 Å². The molecule has 2 aromatic heterocycles. The Morgan fingerprint density at radius 2 is 1.93 bits per heavy atom. The van der Waals surface area contributed by atoms with Crippen molar-refractivity contribution in [1.29, 1.82) is 0 Å². The number of hydrogen-bond acceptors (Lipinski definition) is 4. The molecule has 0 aliphatic heterocycles. The molecule has 0 atom stereocenters. The number of carbonyl (C=O) groups is 1. The number of aromatic amines is 1. The van der Waals surface area contributed by atoms with Crippen molar-refractivity contribution in [2.45, 2.75) is 6.43 Å². The molecular formula is C22H15F2N3O3. The second-order valence-electron chi connectivity index (χ2n) is 6.76. The number of rotatable bonds is 4. The molecule has 0 spiro atoms. The molecule has 2 N–H and O–H groups in total. The molecule has 30 heavy (non-hydrogen) atoms. The zero-order chi connectivity index (χ0) is 20.8. The number of para-hydroxylation sites is 1. The summed E-state index contributed by atoms with van der Waals surface area (Å²) in [6, 6.07) is 15.7. The summed E-state index contributed by atoms with van der Waals surface area (Å²) >= 11 is 0. The average molecular weight is 407 g/mol. The van der Waals surface area contributed by atoms with Gasteiger partial charge in [0.25, 0.3) is 12.3 Å². The Bertz CT molecular complexity index is 1420. The molecule has 0 unspecified atom stereocenters. The van der Waals surface area contributed by atoms with Crippen molar-refractivity contribution in [2.24, 2.45) is 0 Å². The first-order valence-corrected chi connectivity index (χ1v) is 9.12. The van der Waals surface area contributed by atoms with Crippen molar-refractivity contribution in [2.75, 3.05) is 12.4 Å². The predicted molar refractivity (Wildman–Crippen MR) is 109 cm³/mol. The summed E-state index contributed by atoms with van der Waals surface area (Å²) in [4.78, 5) is 19.1. The number of nitrogens with one attached hydrogen (secondary N) is 2. The number of nitrogens with zero attached hydrogens (tertiary/aromatic N) is 1. The number of benzene rings is 3. The van der Waals surface area contributed by atoms with Crippen molar-refractivity contribution in [3.63, 3.8) is 0 Å². The molecule has 0 saturated heterocycles. The molecule has 5 aromatic rings. The van der Waals surface area contributed by atoms with Gasteiger partial charge < -0.3 is 19.5 Å². The molecule has 0 aliphatic carbocycles. The van der Waals surface area contributed by atoms with Crippen molar-refractivity contribution >= 4 is 44.6 Å². The van der Waals surface area contributed by atoms with Crippen LogP contribution >= 0.6 is 0 Å². The summed E-state index contributed by atoms with van der Waals surface area (Å²) in [5.41, 5.74) is 2.79. The van der Waals surface area contributed by atoms with Crippen LogP contribution in [0.5, 0.6) is 5.75 Å². The maximum Gasteiger partial charge on any atom is 0.295 e. The van der Waals surface area contributed by atoms with Crippen LogP contribution in [0, 0.1) is 0 Å². The Labute approximate surface area is 168 Å². The van der Waals surface area contributed by atoms with Gasteiger partial charge in [0, 0.05) is 22.4 Å². The van der Waals surface area contributed by atoms with Gasteiger partial charge >= 0.3 is 0 Å². The van der Waals surface area contributed by atoms with E-state index in [9.17, 15) is 13.6 Å². The van der Waals surface area contributed by atoms with Gasteiger partial charge in [0.1, 0.15) is 16.9 Å². The lowest BCUT2D eigenvalue weighted by atomic mass is 10.1. The smallest absolute Gasteiger partial charge is 0.295 e. The maximum absolute atomic E-state index is 12.8. The second kappa shape index (κ2) is 6.84. The molecule has 6 nitrogen and oxygen atoms in total. The summed E-state index contributed by atoms with van der Waals surface area (Å²) in [7, 11) is 1.52. The number of ether oxygens (including phenoxy) is 1. The van der Waals surface area contributed by atoms with Crippen LogP contribution in [0.15, 0.2) is 59.0 Å². The molecule has 2 heterocycles. The highest BCUT2D eigenvalue weighted by molar-refractivity contribution is 6.10. The first-order valence-electron chi connectivity index (χ1n) is 9.12. The van der Waals surface area contributed by atoms with Crippen LogP contribution in [0.4, 0.5) is 14.5 Å². The van der Waals surface area contributed by atoms with Crippen molar-refractivity contribution < 1.29 is 22.7 Å². The highest BCUT2D eigenvalue weighted by Gasteiger charge is 2.17. The van der Waals surface area contributed by atoms with Gasteiger partial charge in [-0.05, 0) is 30.3 Å². The van der Waals surface area contributed by atoms with Gasteiger partial charge in [-0.3, -0.25) is 4.79 Å². The van der Waals surface area contributed by atoms with E-state index in [1.54, 1.807) is 6.07 Å². The van der Waals surface area contributed by atoms with Gasteiger partial charge in [0.2, 0.25) is 0 Å². The lowest BCUT2D eigenvalue weighted by Crippen LogP contribution is -2.12. The van der Waals surface area contributed by atoms with Crippen molar-refractivity contribution in [3.8, 4) is 5.75 Å². The Morgan fingerprint density at radius 3 is 2.73 bits per heavy atom. The third kappa shape index (κ3) is 2.93. The molecular weight excluding hydrogens is 392 g/mol. The van der Waals surface area contributed by atoms with E-state index in [1.807, 2.05) is 30.3 Å². The fourth-order valence-electron chi connectivity index (χ4n) is 3.49. The number of furan rings is 1. The molecule has 0 radical (unpaired) electrons. The fourth-order valence-corrected chi connectivity index (χ4v) is 3.49. The van der Waals surface area contributed by atoms with E-state index in [0.29, 0.717) is 33.6 Å². The Balaban J connectivity index is 1.51. The normalized spacial score (nSPS) is 11.6. The molecule has 8 heteroatoms. The summed E-state index contributed by atoms with van der Waals surface area (Å²) in [6.45, 7) is 0. The minimum absolute atomic E-state index is 0.290. The molecule has 0 aliphatic rings. The third-order valence-electron chi connectivity index (χ3n) is 4.92. The van der Waals surface area contributed by atoms with Gasteiger partial charge in [-0.15, -0.1) is 0 Å².